The number of nitrogens with one attached hydrogen (secondary N) is 1. The average Bonchev–Trinajstić information content (AvgIpc) is 2.89. The molecule has 0 aliphatic heterocycles. The molecule has 1 aromatic heterocycles. The zero-order valence-electron chi connectivity index (χ0n) is 10.3. The van der Waals surface area contributed by atoms with E-state index in [1.54, 1.807) is 30.3 Å². The molecule has 0 aliphatic rings. The third-order valence-electron chi connectivity index (χ3n) is 2.38. The molecule has 1 amide bonds. The standard InChI is InChI=1S/C14H10FN3O2/c15-11-3-1-10(2-4-11)13-6-5-12(20-13)9-17-18-14(19)7-8-16/h1-6,9H,7H2,(H,18,19)/b17-9-. The number of nitriles is 1. The van der Waals surface area contributed by atoms with E-state index in [-0.39, 0.29) is 12.2 Å². The Bertz CT molecular complexity index is 668. The molecule has 100 valence electrons. The van der Waals surface area contributed by atoms with Gasteiger partial charge in [-0.15, -0.1) is 0 Å². The Kier molecular flexibility index (Phi) is 4.24. The first kappa shape index (κ1) is 13.5. The third-order valence-corrected chi connectivity index (χ3v) is 2.38. The first-order valence-corrected chi connectivity index (χ1v) is 5.73. The molecule has 1 N–H and O–H groups in total. The van der Waals surface area contributed by atoms with E-state index in [0.717, 1.165) is 5.56 Å². The minimum Gasteiger partial charge on any atom is -0.455 e. The Balaban J connectivity index is 2.02. The fourth-order valence-electron chi connectivity index (χ4n) is 1.47. The van der Waals surface area contributed by atoms with Crippen molar-refractivity contribution < 1.29 is 13.6 Å². The van der Waals surface area contributed by atoms with Gasteiger partial charge in [-0.2, -0.15) is 10.4 Å². The molecule has 0 aliphatic carbocycles. The molecule has 2 aromatic rings. The SMILES string of the molecule is N#CCC(=O)N/N=C\c1ccc(-c2ccc(F)cc2)o1. The zero-order valence-corrected chi connectivity index (χ0v) is 10.3. The Morgan fingerprint density at radius 2 is 2.10 bits per heavy atom. The van der Waals surface area contributed by atoms with Gasteiger partial charge in [0, 0.05) is 5.56 Å². The van der Waals surface area contributed by atoms with Gasteiger partial charge in [0.1, 0.15) is 23.8 Å². The Hall–Kier alpha value is -2.94. The Labute approximate surface area is 114 Å². The van der Waals surface area contributed by atoms with E-state index < -0.39 is 5.91 Å². The van der Waals surface area contributed by atoms with Crippen molar-refractivity contribution in [3.63, 3.8) is 0 Å². The summed E-state index contributed by atoms with van der Waals surface area (Å²) in [6.45, 7) is 0. The number of halogens is 1. The number of carbonyl (C=O) groups excluding carboxylic acids is 1. The summed E-state index contributed by atoms with van der Waals surface area (Å²) in [5.41, 5.74) is 2.92. The molecule has 0 fully saturated rings. The van der Waals surface area contributed by atoms with Crippen LogP contribution in [-0.2, 0) is 4.79 Å². The average molecular weight is 271 g/mol. The van der Waals surface area contributed by atoms with Gasteiger partial charge in [-0.1, -0.05) is 0 Å². The van der Waals surface area contributed by atoms with Gasteiger partial charge in [0.25, 0.3) is 5.91 Å². The minimum absolute atomic E-state index is 0.254. The molecule has 0 saturated carbocycles. The molecule has 5 nitrogen and oxygen atoms in total. The molecular formula is C14H10FN3O2. The first-order chi connectivity index (χ1) is 9.69. The number of furan rings is 1. The van der Waals surface area contributed by atoms with E-state index >= 15 is 0 Å². The maximum atomic E-state index is 12.8. The van der Waals surface area contributed by atoms with E-state index in [1.165, 1.54) is 18.3 Å². The number of rotatable bonds is 4. The second-order valence-corrected chi connectivity index (χ2v) is 3.84. The number of nitrogens with zero attached hydrogens (tertiary/aromatic N) is 2. The maximum Gasteiger partial charge on any atom is 0.254 e. The highest BCUT2D eigenvalue weighted by molar-refractivity contribution is 5.81. The highest BCUT2D eigenvalue weighted by Crippen LogP contribution is 2.21. The van der Waals surface area contributed by atoms with Gasteiger partial charge in [0.2, 0.25) is 0 Å². The summed E-state index contributed by atoms with van der Waals surface area (Å²) in [4.78, 5) is 11.0. The number of amides is 1. The van der Waals surface area contributed by atoms with Gasteiger partial charge in [-0.05, 0) is 36.4 Å². The van der Waals surface area contributed by atoms with Gasteiger partial charge in [0.05, 0.1) is 12.3 Å². The molecule has 0 unspecified atom stereocenters. The molecule has 1 aromatic carbocycles. The fraction of sp³-hybridized carbons (Fsp3) is 0.0714. The zero-order chi connectivity index (χ0) is 14.4. The van der Waals surface area contributed by atoms with Gasteiger partial charge in [-0.3, -0.25) is 4.79 Å². The second kappa shape index (κ2) is 6.29. The highest BCUT2D eigenvalue weighted by Gasteiger charge is 2.03. The van der Waals surface area contributed by atoms with Crippen molar-refractivity contribution in [2.45, 2.75) is 6.42 Å². The predicted molar refractivity (Wildman–Crippen MR) is 70.1 cm³/mol. The van der Waals surface area contributed by atoms with Gasteiger partial charge in [-0.25, -0.2) is 9.82 Å². The quantitative estimate of drug-likeness (QED) is 0.685. The van der Waals surface area contributed by atoms with Crippen LogP contribution in [-0.4, -0.2) is 12.1 Å². The van der Waals surface area contributed by atoms with Crippen molar-refractivity contribution in [3.8, 4) is 17.4 Å². The second-order valence-electron chi connectivity index (χ2n) is 3.84. The third kappa shape index (κ3) is 3.53. The van der Waals surface area contributed by atoms with Gasteiger partial charge < -0.3 is 4.42 Å². The largest absolute Gasteiger partial charge is 0.455 e. The molecule has 0 spiro atoms. The van der Waals surface area contributed by atoms with Crippen LogP contribution in [0.3, 0.4) is 0 Å². The lowest BCUT2D eigenvalue weighted by atomic mass is 10.2. The van der Waals surface area contributed by atoms with Crippen LogP contribution in [0.2, 0.25) is 0 Å². The molecule has 6 heteroatoms. The summed E-state index contributed by atoms with van der Waals surface area (Å²) in [7, 11) is 0. The van der Waals surface area contributed by atoms with Crippen LogP contribution in [0.1, 0.15) is 12.2 Å². The van der Waals surface area contributed by atoms with E-state index in [1.807, 2.05) is 0 Å². The van der Waals surface area contributed by atoms with Crippen LogP contribution in [0.25, 0.3) is 11.3 Å². The number of hydrazone groups is 1. The summed E-state index contributed by atoms with van der Waals surface area (Å²) in [6.07, 6.45) is 1.07. The molecule has 0 bridgehead atoms. The summed E-state index contributed by atoms with van der Waals surface area (Å²) < 4.78 is 18.3. The van der Waals surface area contributed by atoms with Crippen molar-refractivity contribution in [3.05, 3.63) is 48.0 Å². The lowest BCUT2D eigenvalue weighted by molar-refractivity contribution is -0.120. The van der Waals surface area contributed by atoms with Gasteiger partial charge in [0.15, 0.2) is 0 Å². The summed E-state index contributed by atoms with van der Waals surface area (Å²) in [5.74, 6) is 0.188. The smallest absolute Gasteiger partial charge is 0.254 e. The van der Waals surface area contributed by atoms with Crippen molar-refractivity contribution in [1.82, 2.24) is 5.43 Å². The van der Waals surface area contributed by atoms with Crippen molar-refractivity contribution in [2.75, 3.05) is 0 Å². The van der Waals surface area contributed by atoms with E-state index in [2.05, 4.69) is 10.5 Å². The minimum atomic E-state index is -0.492. The molecule has 0 saturated heterocycles. The fourth-order valence-corrected chi connectivity index (χ4v) is 1.47. The molecular weight excluding hydrogens is 261 g/mol. The number of hydrogen-bond acceptors (Lipinski definition) is 4. The van der Waals surface area contributed by atoms with Crippen LogP contribution >= 0.6 is 0 Å². The monoisotopic (exact) mass is 271 g/mol. The first-order valence-electron chi connectivity index (χ1n) is 5.73. The predicted octanol–water partition coefficient (Wildman–Crippen LogP) is 2.45. The van der Waals surface area contributed by atoms with Crippen molar-refractivity contribution in [1.29, 1.82) is 5.26 Å². The summed E-state index contributed by atoms with van der Waals surface area (Å²) in [6, 6.07) is 11.0. The summed E-state index contributed by atoms with van der Waals surface area (Å²) in [5, 5.41) is 11.9. The molecule has 0 radical (unpaired) electrons. The molecule has 20 heavy (non-hydrogen) atoms. The normalized spacial score (nSPS) is 10.4. The maximum absolute atomic E-state index is 12.8. The van der Waals surface area contributed by atoms with Crippen LogP contribution in [0.4, 0.5) is 4.39 Å². The number of carbonyl (C=O) groups is 1. The lowest BCUT2D eigenvalue weighted by Crippen LogP contribution is -2.15. The van der Waals surface area contributed by atoms with E-state index in [4.69, 9.17) is 9.68 Å². The topological polar surface area (TPSA) is 78.4 Å². The van der Waals surface area contributed by atoms with Crippen molar-refractivity contribution >= 4 is 12.1 Å². The van der Waals surface area contributed by atoms with Gasteiger partial charge >= 0.3 is 0 Å². The van der Waals surface area contributed by atoms with Crippen LogP contribution in [0, 0.1) is 17.1 Å². The van der Waals surface area contributed by atoms with E-state index in [9.17, 15) is 9.18 Å². The molecule has 2 rings (SSSR count). The van der Waals surface area contributed by atoms with Crippen LogP contribution in [0.15, 0.2) is 45.9 Å². The Morgan fingerprint density at radius 1 is 1.35 bits per heavy atom. The molecule has 1 heterocycles. The van der Waals surface area contributed by atoms with E-state index in [0.29, 0.717) is 11.5 Å². The van der Waals surface area contributed by atoms with Crippen LogP contribution in [0.5, 0.6) is 0 Å². The number of benzene rings is 1. The van der Waals surface area contributed by atoms with Crippen LogP contribution < -0.4 is 5.43 Å². The summed E-state index contributed by atoms with van der Waals surface area (Å²) >= 11 is 0. The van der Waals surface area contributed by atoms with Crippen molar-refractivity contribution in [2.24, 2.45) is 5.10 Å². The highest BCUT2D eigenvalue weighted by atomic mass is 19.1. The Morgan fingerprint density at radius 3 is 2.80 bits per heavy atom. The molecule has 0 atom stereocenters. The lowest BCUT2D eigenvalue weighted by Gasteiger charge is -1.96. The number of hydrogen-bond donors (Lipinski definition) is 1.